The van der Waals surface area contributed by atoms with Crippen LogP contribution in [0, 0.1) is 0 Å². The molecule has 0 bridgehead atoms. The second kappa shape index (κ2) is 10.7. The number of carbonyl (C=O) groups is 1. The molecule has 0 saturated carbocycles. The van der Waals surface area contributed by atoms with Crippen molar-refractivity contribution in [2.45, 2.75) is 44.0 Å². The molecule has 3 rings (SSSR count). The highest BCUT2D eigenvalue weighted by Gasteiger charge is 2.23. The number of hydrogen-bond donors (Lipinski definition) is 2. The van der Waals surface area contributed by atoms with Crippen molar-refractivity contribution in [1.82, 2.24) is 24.9 Å². The minimum Gasteiger partial charge on any atom is -0.324 e. The number of benzene rings is 2. The van der Waals surface area contributed by atoms with Crippen molar-refractivity contribution >= 4 is 33.2 Å². The Hall–Kier alpha value is -2.82. The molecule has 0 saturated heterocycles. The average Bonchev–Trinajstić information content (AvgIpc) is 3.25. The van der Waals surface area contributed by atoms with Gasteiger partial charge >= 0.3 is 0 Å². The molecule has 2 N–H and O–H groups in total. The number of nitrogens with zero attached hydrogens (tertiary/aromatic N) is 4. The van der Waals surface area contributed by atoms with Crippen LogP contribution in [0.15, 0.2) is 53.4 Å². The predicted octanol–water partition coefficient (Wildman–Crippen LogP) is 3.66. The maximum absolute atomic E-state index is 12.9. The fraction of sp³-hybridized carbons (Fsp3) is 0.333. The summed E-state index contributed by atoms with van der Waals surface area (Å²) in [5.41, 5.74) is 1.09. The summed E-state index contributed by atoms with van der Waals surface area (Å²) in [6.45, 7) is 4.17. The first-order chi connectivity index (χ1) is 15.3. The minimum absolute atomic E-state index is 0.0864. The van der Waals surface area contributed by atoms with Crippen LogP contribution >= 0.6 is 11.6 Å². The average molecular weight is 477 g/mol. The summed E-state index contributed by atoms with van der Waals surface area (Å²) in [5, 5.41) is 15.7. The largest absolute Gasteiger partial charge is 0.324 e. The lowest BCUT2D eigenvalue weighted by Crippen LogP contribution is -2.28. The Labute approximate surface area is 192 Å². The monoisotopic (exact) mass is 476 g/mol. The van der Waals surface area contributed by atoms with Gasteiger partial charge in [-0.3, -0.25) is 4.79 Å². The number of tetrazole rings is 1. The predicted molar refractivity (Wildman–Crippen MR) is 123 cm³/mol. The number of rotatable bonds is 10. The number of nitrogens with one attached hydrogen (secondary N) is 2. The maximum atomic E-state index is 12.9. The summed E-state index contributed by atoms with van der Waals surface area (Å²) in [6, 6.07) is 12.4. The third-order valence-electron chi connectivity index (χ3n) is 4.73. The van der Waals surface area contributed by atoms with Gasteiger partial charge in [-0.1, -0.05) is 37.9 Å². The van der Waals surface area contributed by atoms with E-state index in [9.17, 15) is 13.2 Å². The molecule has 9 nitrogen and oxygen atoms in total. The van der Waals surface area contributed by atoms with Crippen LogP contribution in [0.3, 0.4) is 0 Å². The van der Waals surface area contributed by atoms with Crippen LogP contribution in [0.2, 0.25) is 5.02 Å². The molecule has 0 spiro atoms. The van der Waals surface area contributed by atoms with E-state index in [2.05, 4.69) is 25.4 Å². The quantitative estimate of drug-likeness (QED) is 0.431. The smallest absolute Gasteiger partial charge is 0.251 e. The highest BCUT2D eigenvalue weighted by Crippen LogP contribution is 2.20. The maximum Gasteiger partial charge on any atom is 0.251 e. The van der Waals surface area contributed by atoms with Gasteiger partial charge in [0, 0.05) is 22.8 Å². The molecule has 1 aromatic heterocycles. The zero-order valence-corrected chi connectivity index (χ0v) is 19.4. The van der Waals surface area contributed by atoms with Gasteiger partial charge in [-0.15, -0.1) is 10.2 Å². The summed E-state index contributed by atoms with van der Waals surface area (Å²) in [4.78, 5) is 14.2. The molecule has 0 aliphatic heterocycles. The molecule has 0 aliphatic carbocycles. The van der Waals surface area contributed by atoms with Gasteiger partial charge in [0.25, 0.3) is 5.91 Å². The zero-order chi connectivity index (χ0) is 23.1. The third-order valence-corrected chi connectivity index (χ3v) is 6.44. The lowest BCUT2D eigenvalue weighted by Gasteiger charge is -2.14. The summed E-state index contributed by atoms with van der Waals surface area (Å²) in [7, 11) is -3.65. The Morgan fingerprint density at radius 1 is 1.16 bits per heavy atom. The molecule has 170 valence electrons. The van der Waals surface area contributed by atoms with Crippen molar-refractivity contribution in [1.29, 1.82) is 0 Å². The van der Waals surface area contributed by atoms with E-state index < -0.39 is 16.1 Å². The van der Waals surface area contributed by atoms with Gasteiger partial charge in [-0.25, -0.2) is 13.1 Å². The van der Waals surface area contributed by atoms with E-state index in [-0.39, 0.29) is 10.8 Å². The first-order valence-electron chi connectivity index (χ1n) is 10.3. The van der Waals surface area contributed by atoms with E-state index in [0.29, 0.717) is 29.5 Å². The van der Waals surface area contributed by atoms with Crippen LogP contribution in [0.25, 0.3) is 11.4 Å². The van der Waals surface area contributed by atoms with Crippen LogP contribution in [-0.4, -0.2) is 41.1 Å². The number of aromatic nitrogens is 4. The van der Waals surface area contributed by atoms with E-state index in [1.54, 1.807) is 36.4 Å². The fourth-order valence-electron chi connectivity index (χ4n) is 2.96. The molecule has 1 amide bonds. The summed E-state index contributed by atoms with van der Waals surface area (Å²) < 4.78 is 27.5. The summed E-state index contributed by atoms with van der Waals surface area (Å²) >= 11 is 5.91. The molecule has 2 aromatic carbocycles. The molecule has 0 aliphatic rings. The number of sulfonamides is 1. The van der Waals surface area contributed by atoms with E-state index in [4.69, 9.17) is 11.6 Å². The van der Waals surface area contributed by atoms with E-state index in [0.717, 1.165) is 18.4 Å². The summed E-state index contributed by atoms with van der Waals surface area (Å²) in [5.74, 6) is 0.000192. The molecule has 1 heterocycles. The second-order valence-electron chi connectivity index (χ2n) is 7.13. The Balaban J connectivity index is 1.74. The number of hydrogen-bond acceptors (Lipinski definition) is 6. The van der Waals surface area contributed by atoms with E-state index in [1.807, 2.05) is 13.8 Å². The highest BCUT2D eigenvalue weighted by molar-refractivity contribution is 7.89. The number of halogens is 1. The fourth-order valence-corrected chi connectivity index (χ4v) is 4.20. The van der Waals surface area contributed by atoms with Gasteiger partial charge in [0.2, 0.25) is 15.8 Å². The van der Waals surface area contributed by atoms with Crippen molar-refractivity contribution < 1.29 is 13.2 Å². The van der Waals surface area contributed by atoms with E-state index in [1.165, 1.54) is 16.9 Å². The van der Waals surface area contributed by atoms with Crippen LogP contribution in [0.1, 0.15) is 39.2 Å². The third kappa shape index (κ3) is 5.90. The number of unbranched alkanes of at least 4 members (excludes halogenated alkanes) is 1. The molecule has 0 fully saturated rings. The number of amides is 1. The molecular formula is C21H25ClN6O3S. The lowest BCUT2D eigenvalue weighted by molar-refractivity contribution is -0.120. The van der Waals surface area contributed by atoms with Gasteiger partial charge in [-0.2, -0.15) is 4.80 Å². The molecule has 1 atom stereocenters. The Kier molecular flexibility index (Phi) is 7.94. The summed E-state index contributed by atoms with van der Waals surface area (Å²) in [6.07, 6.45) is 2.04. The van der Waals surface area contributed by atoms with Crippen molar-refractivity contribution in [2.75, 3.05) is 11.9 Å². The Morgan fingerprint density at radius 2 is 1.91 bits per heavy atom. The van der Waals surface area contributed by atoms with Gasteiger partial charge in [0.1, 0.15) is 0 Å². The van der Waals surface area contributed by atoms with Crippen LogP contribution in [0.4, 0.5) is 5.69 Å². The van der Waals surface area contributed by atoms with Crippen molar-refractivity contribution in [3.05, 3.63) is 53.6 Å². The number of anilines is 1. The van der Waals surface area contributed by atoms with Crippen LogP contribution < -0.4 is 10.0 Å². The van der Waals surface area contributed by atoms with Gasteiger partial charge in [0.15, 0.2) is 6.04 Å². The van der Waals surface area contributed by atoms with Gasteiger partial charge in [0.05, 0.1) is 4.90 Å². The SMILES string of the molecule is CCCCNS(=O)(=O)c1cccc(NC(=O)[C@H](CC)n2nnc(-c3ccc(Cl)cc3)n2)c1. The lowest BCUT2D eigenvalue weighted by atomic mass is 10.2. The van der Waals surface area contributed by atoms with E-state index >= 15 is 0 Å². The molecule has 32 heavy (non-hydrogen) atoms. The van der Waals surface area contributed by atoms with Crippen LogP contribution in [0.5, 0.6) is 0 Å². The molecule has 0 unspecified atom stereocenters. The van der Waals surface area contributed by atoms with Crippen LogP contribution in [-0.2, 0) is 14.8 Å². The first kappa shape index (κ1) is 23.8. The molecule has 3 aromatic rings. The minimum atomic E-state index is -3.65. The zero-order valence-electron chi connectivity index (χ0n) is 17.8. The van der Waals surface area contributed by atoms with Crippen molar-refractivity contribution in [3.8, 4) is 11.4 Å². The topological polar surface area (TPSA) is 119 Å². The van der Waals surface area contributed by atoms with Crippen molar-refractivity contribution in [3.63, 3.8) is 0 Å². The van der Waals surface area contributed by atoms with Gasteiger partial charge in [-0.05, 0) is 60.5 Å². The number of carbonyl (C=O) groups excluding carboxylic acids is 1. The second-order valence-corrected chi connectivity index (χ2v) is 9.34. The standard InChI is InChI=1S/C21H25ClN6O3S/c1-3-5-13-23-32(30,31)18-8-6-7-17(14-18)24-21(29)19(4-2)28-26-20(25-27-28)15-9-11-16(22)12-10-15/h6-12,14,19,23H,3-5,13H2,1-2H3,(H,24,29)/t19-/m0/s1. The Bertz CT molecular complexity index is 1160. The molecule has 0 radical (unpaired) electrons. The normalized spacial score (nSPS) is 12.5. The molecular weight excluding hydrogens is 452 g/mol. The highest BCUT2D eigenvalue weighted by atomic mass is 35.5. The molecule has 11 heteroatoms. The van der Waals surface area contributed by atoms with Crippen molar-refractivity contribution in [2.24, 2.45) is 0 Å². The van der Waals surface area contributed by atoms with Gasteiger partial charge < -0.3 is 5.32 Å². The Morgan fingerprint density at radius 3 is 2.59 bits per heavy atom. The first-order valence-corrected chi connectivity index (χ1v) is 12.2.